The number of amides is 1. The predicted molar refractivity (Wildman–Crippen MR) is 116 cm³/mol. The minimum Gasteiger partial charge on any atom is -0.339 e. The van der Waals surface area contributed by atoms with Crippen LogP contribution in [0.2, 0.25) is 0 Å². The third kappa shape index (κ3) is 4.49. The molecule has 2 aromatic heterocycles. The van der Waals surface area contributed by atoms with Gasteiger partial charge in [0.25, 0.3) is 10.0 Å². The van der Waals surface area contributed by atoms with Crippen molar-refractivity contribution >= 4 is 21.6 Å². The maximum absolute atomic E-state index is 13.1. The number of aromatic nitrogens is 4. The normalized spacial score (nSPS) is 17.4. The van der Waals surface area contributed by atoms with E-state index in [1.807, 2.05) is 24.3 Å². The number of aryl methyl sites for hydroxylation is 1. The molecule has 0 radical (unpaired) electrons. The average molecular weight is 441 g/mol. The summed E-state index contributed by atoms with van der Waals surface area (Å²) in [6.45, 7) is 2.22. The fraction of sp³-hybridized carbons (Fsp3) is 0.333. The minimum absolute atomic E-state index is 0.0537. The van der Waals surface area contributed by atoms with E-state index >= 15 is 0 Å². The summed E-state index contributed by atoms with van der Waals surface area (Å²) in [4.78, 5) is 24.6. The zero-order valence-electron chi connectivity index (χ0n) is 17.4. The molecule has 0 saturated carbocycles. The summed E-state index contributed by atoms with van der Waals surface area (Å²) in [5, 5.41) is 2.83. The van der Waals surface area contributed by atoms with Gasteiger partial charge < -0.3 is 9.88 Å². The van der Waals surface area contributed by atoms with Gasteiger partial charge in [0, 0.05) is 62.8 Å². The zero-order valence-corrected chi connectivity index (χ0v) is 18.2. The topological polar surface area (TPSA) is 110 Å². The molecule has 162 valence electrons. The van der Waals surface area contributed by atoms with E-state index in [4.69, 9.17) is 0 Å². The second kappa shape index (κ2) is 8.56. The Morgan fingerprint density at radius 1 is 1.19 bits per heavy atom. The minimum atomic E-state index is -3.67. The molecule has 1 N–H and O–H groups in total. The highest BCUT2D eigenvalue weighted by atomic mass is 32.2. The Bertz CT molecular complexity index is 1210. The Kier molecular flexibility index (Phi) is 5.84. The highest BCUT2D eigenvalue weighted by Crippen LogP contribution is 2.34. The molecule has 0 spiro atoms. The lowest BCUT2D eigenvalue weighted by molar-refractivity contribution is -0.114. The number of rotatable bonds is 5. The molecule has 1 amide bonds. The quantitative estimate of drug-likeness (QED) is 0.652. The van der Waals surface area contributed by atoms with E-state index in [1.165, 1.54) is 23.8 Å². The van der Waals surface area contributed by atoms with Gasteiger partial charge in [-0.25, -0.2) is 13.4 Å². The van der Waals surface area contributed by atoms with Crippen LogP contribution in [0.3, 0.4) is 0 Å². The van der Waals surface area contributed by atoms with E-state index in [1.54, 1.807) is 24.0 Å². The van der Waals surface area contributed by atoms with Crippen molar-refractivity contribution in [3.8, 4) is 11.3 Å². The van der Waals surface area contributed by atoms with Gasteiger partial charge in [0.05, 0.1) is 17.7 Å². The van der Waals surface area contributed by atoms with Crippen molar-refractivity contribution in [2.24, 2.45) is 7.05 Å². The molecule has 1 aromatic carbocycles. The van der Waals surface area contributed by atoms with E-state index in [9.17, 15) is 13.2 Å². The summed E-state index contributed by atoms with van der Waals surface area (Å²) in [6.07, 6.45) is 7.78. The van der Waals surface area contributed by atoms with Crippen LogP contribution in [0.4, 0.5) is 5.69 Å². The van der Waals surface area contributed by atoms with Crippen molar-refractivity contribution < 1.29 is 13.2 Å². The third-order valence-corrected chi connectivity index (χ3v) is 6.99. The van der Waals surface area contributed by atoms with Crippen LogP contribution in [-0.2, 0) is 21.9 Å². The number of hydrogen-bond acceptors (Lipinski definition) is 6. The molecule has 3 heterocycles. The van der Waals surface area contributed by atoms with Gasteiger partial charge in [-0.2, -0.15) is 4.31 Å². The Morgan fingerprint density at radius 2 is 2.00 bits per heavy atom. The first-order valence-electron chi connectivity index (χ1n) is 10.0. The van der Waals surface area contributed by atoms with Gasteiger partial charge in [0.2, 0.25) is 5.91 Å². The van der Waals surface area contributed by atoms with Crippen LogP contribution in [0, 0.1) is 0 Å². The maximum atomic E-state index is 13.1. The molecule has 10 heteroatoms. The molecular weight excluding hydrogens is 416 g/mol. The number of carbonyl (C=O) groups excluding carboxylic acids is 1. The number of benzene rings is 1. The molecule has 4 rings (SSSR count). The third-order valence-electron chi connectivity index (χ3n) is 5.24. The van der Waals surface area contributed by atoms with Gasteiger partial charge in [-0.3, -0.25) is 14.8 Å². The van der Waals surface area contributed by atoms with Crippen LogP contribution in [0.1, 0.15) is 31.4 Å². The lowest BCUT2D eigenvalue weighted by Gasteiger charge is -2.31. The lowest BCUT2D eigenvalue weighted by Crippen LogP contribution is -2.39. The van der Waals surface area contributed by atoms with Gasteiger partial charge in [-0.1, -0.05) is 12.1 Å². The number of piperidine rings is 1. The van der Waals surface area contributed by atoms with E-state index in [0.29, 0.717) is 24.5 Å². The monoisotopic (exact) mass is 440 g/mol. The fourth-order valence-corrected chi connectivity index (χ4v) is 5.35. The van der Waals surface area contributed by atoms with Crippen molar-refractivity contribution in [2.75, 3.05) is 18.4 Å². The van der Waals surface area contributed by atoms with Crippen molar-refractivity contribution in [1.82, 2.24) is 23.8 Å². The molecule has 0 unspecified atom stereocenters. The largest absolute Gasteiger partial charge is 0.339 e. The van der Waals surface area contributed by atoms with Crippen LogP contribution >= 0.6 is 0 Å². The SMILES string of the molecule is CC(=O)Nc1cccc(-c2nccnc2[C@@H]2CCCN(S(=O)(=O)c3cn(C)cn3)C2)c1. The van der Waals surface area contributed by atoms with Crippen molar-refractivity contribution in [3.63, 3.8) is 0 Å². The second-order valence-electron chi connectivity index (χ2n) is 7.63. The van der Waals surface area contributed by atoms with Gasteiger partial charge >= 0.3 is 0 Å². The number of anilines is 1. The van der Waals surface area contributed by atoms with Crippen LogP contribution in [0.15, 0.2) is 54.2 Å². The van der Waals surface area contributed by atoms with Gasteiger partial charge in [-0.15, -0.1) is 0 Å². The molecule has 1 aliphatic rings. The molecule has 1 aliphatic heterocycles. The standard InChI is InChI=1S/C21H24N6O3S/c1-15(28)25-18-7-3-5-16(11-18)20-21(23-9-8-22-20)17-6-4-10-27(12-17)31(29,30)19-13-26(2)14-24-19/h3,5,7-9,11,13-14,17H,4,6,10,12H2,1-2H3,(H,25,28)/t17-/m1/s1. The van der Waals surface area contributed by atoms with Crippen LogP contribution in [0.5, 0.6) is 0 Å². The van der Waals surface area contributed by atoms with Gasteiger partial charge in [0.15, 0.2) is 5.03 Å². The van der Waals surface area contributed by atoms with Crippen molar-refractivity contribution in [2.45, 2.75) is 30.7 Å². The van der Waals surface area contributed by atoms with Crippen LogP contribution in [-0.4, -0.2) is 51.2 Å². The summed E-state index contributed by atoms with van der Waals surface area (Å²) in [7, 11) is -1.93. The molecular formula is C21H24N6O3S. The van der Waals surface area contributed by atoms with E-state index in [0.717, 1.165) is 24.1 Å². The van der Waals surface area contributed by atoms with Gasteiger partial charge in [-0.05, 0) is 25.0 Å². The van der Waals surface area contributed by atoms with Gasteiger partial charge in [0.1, 0.15) is 0 Å². The Morgan fingerprint density at radius 3 is 2.74 bits per heavy atom. The van der Waals surface area contributed by atoms with E-state index in [-0.39, 0.29) is 16.9 Å². The van der Waals surface area contributed by atoms with Crippen molar-refractivity contribution in [3.05, 3.63) is 54.9 Å². The zero-order chi connectivity index (χ0) is 22.0. The number of nitrogens with one attached hydrogen (secondary N) is 1. The summed E-state index contributed by atoms with van der Waals surface area (Å²) in [5.41, 5.74) is 2.93. The summed E-state index contributed by atoms with van der Waals surface area (Å²) < 4.78 is 29.2. The lowest BCUT2D eigenvalue weighted by atomic mass is 9.92. The average Bonchev–Trinajstić information content (AvgIpc) is 3.21. The molecule has 3 aromatic rings. The predicted octanol–water partition coefficient (Wildman–Crippen LogP) is 2.40. The number of nitrogens with zero attached hydrogens (tertiary/aromatic N) is 5. The molecule has 31 heavy (non-hydrogen) atoms. The Balaban J connectivity index is 1.64. The number of sulfonamides is 1. The number of imidazole rings is 1. The van der Waals surface area contributed by atoms with Crippen LogP contribution < -0.4 is 5.32 Å². The first kappa shape index (κ1) is 21.1. The van der Waals surface area contributed by atoms with Crippen molar-refractivity contribution in [1.29, 1.82) is 0 Å². The smallest absolute Gasteiger partial charge is 0.262 e. The fourth-order valence-electron chi connectivity index (χ4n) is 3.86. The molecule has 0 aliphatic carbocycles. The molecule has 0 bridgehead atoms. The molecule has 1 fully saturated rings. The summed E-state index contributed by atoms with van der Waals surface area (Å²) >= 11 is 0. The Labute approximate surface area is 181 Å². The first-order chi connectivity index (χ1) is 14.8. The Hall–Kier alpha value is -3.11. The first-order valence-corrected chi connectivity index (χ1v) is 11.5. The number of hydrogen-bond donors (Lipinski definition) is 1. The molecule has 1 saturated heterocycles. The number of carbonyl (C=O) groups is 1. The summed E-state index contributed by atoms with van der Waals surface area (Å²) in [5.74, 6) is -0.250. The molecule has 9 nitrogen and oxygen atoms in total. The maximum Gasteiger partial charge on any atom is 0.262 e. The van der Waals surface area contributed by atoms with E-state index < -0.39 is 10.0 Å². The molecule has 1 atom stereocenters. The highest BCUT2D eigenvalue weighted by molar-refractivity contribution is 7.89. The van der Waals surface area contributed by atoms with E-state index in [2.05, 4.69) is 20.3 Å². The summed E-state index contributed by atoms with van der Waals surface area (Å²) in [6, 6.07) is 7.41. The highest BCUT2D eigenvalue weighted by Gasteiger charge is 2.34. The van der Waals surface area contributed by atoms with Crippen LogP contribution in [0.25, 0.3) is 11.3 Å². The second-order valence-corrected chi connectivity index (χ2v) is 9.52.